The number of rotatable bonds is 30. The molecular weight excluding hydrogens is 676 g/mol. The molecule has 49 heavy (non-hydrogen) atoms. The van der Waals surface area contributed by atoms with Gasteiger partial charge in [-0.05, 0) is 6.92 Å². The van der Waals surface area contributed by atoms with Gasteiger partial charge in [0.1, 0.15) is 42.7 Å². The van der Waals surface area contributed by atoms with Crippen LogP contribution in [0.4, 0.5) is 17.6 Å². The molecule has 0 fully saturated rings. The summed E-state index contributed by atoms with van der Waals surface area (Å²) in [4.78, 5) is 0. The zero-order valence-electron chi connectivity index (χ0n) is 27.3. The van der Waals surface area contributed by atoms with Crippen molar-refractivity contribution in [3.05, 3.63) is 28.8 Å². The number of aliphatic hydroxyl groups is 8. The predicted molar refractivity (Wildman–Crippen MR) is 160 cm³/mol. The molecule has 0 bridgehead atoms. The minimum Gasteiger partial charge on any atom is -0.484 e. The SMILES string of the molecule is Cc1c(F)c(F)c(OC(CCOC(COCC(O)CO)COCC(O)CO)CCOC(COCC(O)CO)COCC(O)CO)c(F)c1F. The number of aliphatic hydroxyl groups excluding tert-OH is 8. The van der Waals surface area contributed by atoms with Crippen LogP contribution in [0.5, 0.6) is 5.75 Å². The Morgan fingerprint density at radius 2 is 0.776 bits per heavy atom. The van der Waals surface area contributed by atoms with Crippen molar-refractivity contribution in [2.24, 2.45) is 0 Å². The fraction of sp³-hybridized carbons (Fsp3) is 0.800. The van der Waals surface area contributed by atoms with Gasteiger partial charge in [0.05, 0.1) is 92.5 Å². The zero-order valence-corrected chi connectivity index (χ0v) is 27.3. The lowest BCUT2D eigenvalue weighted by Gasteiger charge is -2.24. The Balaban J connectivity index is 3.04. The van der Waals surface area contributed by atoms with Crippen LogP contribution < -0.4 is 4.74 Å². The van der Waals surface area contributed by atoms with Gasteiger partial charge >= 0.3 is 0 Å². The largest absolute Gasteiger partial charge is 0.484 e. The van der Waals surface area contributed by atoms with Gasteiger partial charge < -0.3 is 74.0 Å². The molecule has 1 rings (SSSR count). The quantitative estimate of drug-likeness (QED) is 0.0328. The van der Waals surface area contributed by atoms with E-state index in [1.54, 1.807) is 0 Å². The van der Waals surface area contributed by atoms with E-state index in [4.69, 9.17) is 53.6 Å². The maximum Gasteiger partial charge on any atom is 0.204 e. The molecule has 19 heteroatoms. The summed E-state index contributed by atoms with van der Waals surface area (Å²) in [5, 5.41) is 74.0. The third-order valence-corrected chi connectivity index (χ3v) is 6.61. The smallest absolute Gasteiger partial charge is 0.204 e. The lowest BCUT2D eigenvalue weighted by atomic mass is 10.1. The van der Waals surface area contributed by atoms with E-state index in [2.05, 4.69) is 0 Å². The lowest BCUT2D eigenvalue weighted by molar-refractivity contribution is -0.0961. The highest BCUT2D eigenvalue weighted by molar-refractivity contribution is 5.34. The molecule has 0 spiro atoms. The Kier molecular flexibility index (Phi) is 24.0. The first-order chi connectivity index (χ1) is 23.4. The Bertz CT molecular complexity index is 912. The molecule has 0 saturated carbocycles. The summed E-state index contributed by atoms with van der Waals surface area (Å²) in [6, 6.07) is 0. The summed E-state index contributed by atoms with van der Waals surface area (Å²) in [5.41, 5.74) is -0.883. The van der Waals surface area contributed by atoms with E-state index in [0.717, 1.165) is 6.92 Å². The molecule has 0 saturated heterocycles. The van der Waals surface area contributed by atoms with Crippen LogP contribution in [0.15, 0.2) is 0 Å². The summed E-state index contributed by atoms with van der Waals surface area (Å²) in [6.07, 6.45) is -7.85. The Labute approximate surface area is 281 Å². The van der Waals surface area contributed by atoms with Gasteiger partial charge in [0.2, 0.25) is 11.6 Å². The first-order valence-corrected chi connectivity index (χ1v) is 15.6. The van der Waals surface area contributed by atoms with Crippen LogP contribution in [0.1, 0.15) is 18.4 Å². The zero-order chi connectivity index (χ0) is 36.8. The molecule has 0 aromatic heterocycles. The summed E-state index contributed by atoms with van der Waals surface area (Å²) < 4.78 is 96.2. The lowest BCUT2D eigenvalue weighted by Crippen LogP contribution is -2.33. The van der Waals surface area contributed by atoms with Crippen LogP contribution in [0, 0.1) is 30.2 Å². The van der Waals surface area contributed by atoms with Gasteiger partial charge in [0.15, 0.2) is 17.4 Å². The predicted octanol–water partition coefficient (Wildman–Crippen LogP) is -1.67. The molecule has 0 aliphatic rings. The average molecular weight is 727 g/mol. The maximum absolute atomic E-state index is 14.7. The first kappa shape index (κ1) is 45.2. The Hall–Kier alpha value is -1.82. The van der Waals surface area contributed by atoms with Crippen molar-refractivity contribution in [1.82, 2.24) is 0 Å². The molecule has 0 aliphatic carbocycles. The highest BCUT2D eigenvalue weighted by Gasteiger charge is 2.27. The Morgan fingerprint density at radius 1 is 0.469 bits per heavy atom. The van der Waals surface area contributed by atoms with E-state index in [1.165, 1.54) is 0 Å². The number of halogens is 4. The normalized spacial score (nSPS) is 16.3. The highest BCUT2D eigenvalue weighted by Crippen LogP contribution is 2.31. The third kappa shape index (κ3) is 18.3. The number of hydrogen-bond donors (Lipinski definition) is 8. The minimum absolute atomic E-state index is 0.141. The molecule has 0 aliphatic heterocycles. The van der Waals surface area contributed by atoms with Gasteiger partial charge in [-0.25, -0.2) is 8.78 Å². The topological polar surface area (TPSA) is 226 Å². The van der Waals surface area contributed by atoms with Crippen molar-refractivity contribution in [2.45, 2.75) is 62.5 Å². The van der Waals surface area contributed by atoms with Crippen LogP contribution in [-0.4, -0.2) is 176 Å². The number of benzene rings is 1. The Morgan fingerprint density at radius 3 is 1.06 bits per heavy atom. The van der Waals surface area contributed by atoms with Crippen LogP contribution in [0.3, 0.4) is 0 Å². The summed E-state index contributed by atoms with van der Waals surface area (Å²) in [6.45, 7) is -3.51. The monoisotopic (exact) mass is 726 g/mol. The van der Waals surface area contributed by atoms with Crippen LogP contribution in [0.2, 0.25) is 0 Å². The molecule has 15 nitrogen and oxygen atoms in total. The van der Waals surface area contributed by atoms with Gasteiger partial charge in [-0.1, -0.05) is 0 Å². The molecule has 1 aromatic rings. The van der Waals surface area contributed by atoms with Crippen molar-refractivity contribution in [3.8, 4) is 5.75 Å². The fourth-order valence-corrected chi connectivity index (χ4v) is 3.83. The van der Waals surface area contributed by atoms with E-state index in [-0.39, 0.29) is 78.9 Å². The number of hydrogen-bond acceptors (Lipinski definition) is 15. The van der Waals surface area contributed by atoms with Gasteiger partial charge in [-0.3, -0.25) is 0 Å². The van der Waals surface area contributed by atoms with Crippen LogP contribution >= 0.6 is 0 Å². The fourth-order valence-electron chi connectivity index (χ4n) is 3.83. The van der Waals surface area contributed by atoms with Crippen LogP contribution in [-0.2, 0) is 28.4 Å². The first-order valence-electron chi connectivity index (χ1n) is 15.6. The van der Waals surface area contributed by atoms with Crippen molar-refractivity contribution in [2.75, 3.05) is 92.5 Å². The average Bonchev–Trinajstić information content (AvgIpc) is 3.10. The van der Waals surface area contributed by atoms with Crippen molar-refractivity contribution in [3.63, 3.8) is 0 Å². The van der Waals surface area contributed by atoms with E-state index < -0.39 is 104 Å². The second-order valence-corrected chi connectivity index (χ2v) is 11.0. The second-order valence-electron chi connectivity index (χ2n) is 11.0. The molecule has 4 unspecified atom stereocenters. The van der Waals surface area contributed by atoms with Gasteiger partial charge in [-0.2, -0.15) is 8.78 Å². The van der Waals surface area contributed by atoms with E-state index in [9.17, 15) is 38.0 Å². The second kappa shape index (κ2) is 26.0. The van der Waals surface area contributed by atoms with Crippen LogP contribution in [0.25, 0.3) is 0 Å². The van der Waals surface area contributed by atoms with Crippen molar-refractivity contribution in [1.29, 1.82) is 0 Å². The molecular formula is C30H50F4O15. The van der Waals surface area contributed by atoms with E-state index >= 15 is 0 Å². The molecule has 8 N–H and O–H groups in total. The molecule has 0 radical (unpaired) electrons. The molecule has 0 amide bonds. The summed E-state index contributed by atoms with van der Waals surface area (Å²) >= 11 is 0. The highest BCUT2D eigenvalue weighted by atomic mass is 19.2. The minimum atomic E-state index is -1.75. The summed E-state index contributed by atoms with van der Waals surface area (Å²) in [7, 11) is 0. The molecule has 1 aromatic carbocycles. The summed E-state index contributed by atoms with van der Waals surface area (Å²) in [5.74, 6) is -8.10. The van der Waals surface area contributed by atoms with Gasteiger partial charge in [0.25, 0.3) is 0 Å². The van der Waals surface area contributed by atoms with Crippen molar-refractivity contribution < 1.29 is 91.6 Å². The molecule has 4 atom stereocenters. The van der Waals surface area contributed by atoms with Crippen molar-refractivity contribution >= 4 is 0 Å². The van der Waals surface area contributed by atoms with Gasteiger partial charge in [-0.15, -0.1) is 0 Å². The molecule has 0 heterocycles. The van der Waals surface area contributed by atoms with E-state index in [1.807, 2.05) is 0 Å². The van der Waals surface area contributed by atoms with Gasteiger partial charge in [0, 0.05) is 18.4 Å². The third-order valence-electron chi connectivity index (χ3n) is 6.61. The standard InChI is InChI=1S/C30H50F4O15/c1-18-26(31)28(33)30(29(34)27(18)32)49-23(2-4-47-24(14-43-10-19(39)6-35)15-44-11-20(40)7-36)3-5-48-25(16-45-12-21(41)8-37)17-46-13-22(42)9-38/h19-25,35-42H,2-17H2,1H3. The molecule has 288 valence electrons. The maximum atomic E-state index is 14.7. The van der Waals surface area contributed by atoms with E-state index in [0.29, 0.717) is 0 Å². The number of ether oxygens (including phenoxy) is 7.